The largest absolute Gasteiger partial charge is 0.481 e. The zero-order valence-corrected chi connectivity index (χ0v) is 37.8. The first-order valence-electron chi connectivity index (χ1n) is 23.1. The average Bonchev–Trinajstić information content (AvgIpc) is 3.62. The Morgan fingerprint density at radius 2 is 1.50 bits per heavy atom. The van der Waals surface area contributed by atoms with Crippen LogP contribution in [0.15, 0.2) is 48.5 Å². The predicted molar refractivity (Wildman–Crippen MR) is 241 cm³/mol. The lowest BCUT2D eigenvalue weighted by atomic mass is 9.43. The number of amides is 4. The molecule has 5 aliphatic rings. The number of nitrogens with two attached hydrogens (primary N) is 2. The molecule has 2 aromatic rings. The Morgan fingerprint density at radius 1 is 0.855 bits per heavy atom. The number of carbonyl (C=O) groups excluding carboxylic acids is 4. The van der Waals surface area contributed by atoms with Crippen LogP contribution in [-0.2, 0) is 41.5 Å². The van der Waals surface area contributed by atoms with Crippen LogP contribution in [0.25, 0.3) is 11.1 Å². The second kappa shape index (κ2) is 20.8. The van der Waals surface area contributed by atoms with Gasteiger partial charge in [0.25, 0.3) is 5.91 Å². The highest BCUT2D eigenvalue weighted by Crippen LogP contribution is 2.65. The van der Waals surface area contributed by atoms with E-state index in [1.54, 1.807) is 0 Å². The Morgan fingerprint density at radius 3 is 2.10 bits per heavy atom. The van der Waals surface area contributed by atoms with Gasteiger partial charge in [0.05, 0.1) is 23.8 Å². The Labute approximate surface area is 368 Å². The van der Waals surface area contributed by atoms with Gasteiger partial charge in [0.15, 0.2) is 6.17 Å². The Kier molecular flexibility index (Phi) is 15.9. The average molecular weight is 858 g/mol. The van der Waals surface area contributed by atoms with Crippen LogP contribution in [0, 0.1) is 23.2 Å². The van der Waals surface area contributed by atoms with E-state index in [1.165, 1.54) is 42.0 Å². The Balaban J connectivity index is 0.952. The van der Waals surface area contributed by atoms with Gasteiger partial charge in [-0.15, -0.1) is 0 Å². The highest BCUT2D eigenvalue weighted by atomic mass is 16.7. The normalized spacial score (nSPS) is 25.6. The molecule has 2 bridgehead atoms. The lowest BCUT2D eigenvalue weighted by Gasteiger charge is -2.64. The van der Waals surface area contributed by atoms with Crippen molar-refractivity contribution in [3.05, 3.63) is 59.7 Å². The van der Waals surface area contributed by atoms with Crippen LogP contribution in [0.2, 0.25) is 0 Å². The summed E-state index contributed by atoms with van der Waals surface area (Å²) in [5.41, 5.74) is 16.6. The highest BCUT2D eigenvalue weighted by Gasteiger charge is 2.68. The zero-order valence-electron chi connectivity index (χ0n) is 37.8. The molecular weight excluding hydrogens is 785 g/mol. The molecule has 4 amide bonds. The monoisotopic (exact) mass is 858 g/mol. The number of likely N-dealkylation sites (tertiary alicyclic amines) is 1. The maximum Gasteiger partial charge on any atom is 0.481 e. The molecule has 62 heavy (non-hydrogen) atoms. The summed E-state index contributed by atoms with van der Waals surface area (Å²) in [6.07, 6.45) is 5.33. The third-order valence-electron chi connectivity index (χ3n) is 14.4. The summed E-state index contributed by atoms with van der Waals surface area (Å²) in [5.74, 6) is -2.27. The molecule has 9 atom stereocenters. The molecule has 7 rings (SSSR count). The van der Waals surface area contributed by atoms with Crippen molar-refractivity contribution in [1.29, 1.82) is 0 Å². The molecule has 340 valence electrons. The van der Waals surface area contributed by atoms with Crippen LogP contribution >= 0.6 is 0 Å². The number of nitrogens with one attached hydrogen (secondary N) is 4. The van der Waals surface area contributed by atoms with E-state index in [9.17, 15) is 24.3 Å². The van der Waals surface area contributed by atoms with Crippen LogP contribution in [0.3, 0.4) is 0 Å². The number of hydrogen-bond donors (Lipinski definition) is 7. The number of rotatable bonds is 20. The third kappa shape index (κ3) is 11.1. The summed E-state index contributed by atoms with van der Waals surface area (Å²) < 4.78 is 12.9. The van der Waals surface area contributed by atoms with Crippen molar-refractivity contribution < 1.29 is 33.6 Å². The summed E-state index contributed by atoms with van der Waals surface area (Å²) in [5, 5.41) is 21.3. The number of aryl methyl sites for hydroxylation is 1. The fourth-order valence-electron chi connectivity index (χ4n) is 10.2. The van der Waals surface area contributed by atoms with Crippen LogP contribution in [-0.4, -0.2) is 102 Å². The molecule has 2 aliphatic heterocycles. The van der Waals surface area contributed by atoms with Crippen molar-refractivity contribution >= 4 is 30.7 Å². The van der Waals surface area contributed by atoms with Gasteiger partial charge < -0.3 is 47.1 Å². The van der Waals surface area contributed by atoms with Gasteiger partial charge in [0.2, 0.25) is 17.7 Å². The van der Waals surface area contributed by atoms with Gasteiger partial charge in [0.1, 0.15) is 12.1 Å². The first-order chi connectivity index (χ1) is 29.5. The number of nitrogens with zero attached hydrogens (tertiary/aromatic N) is 1. The summed E-state index contributed by atoms with van der Waals surface area (Å²) in [4.78, 5) is 56.1. The molecule has 3 saturated carbocycles. The first-order valence-corrected chi connectivity index (χ1v) is 23.1. The molecule has 0 spiro atoms. The summed E-state index contributed by atoms with van der Waals surface area (Å²) in [6, 6.07) is 15.1. The molecule has 0 radical (unpaired) electrons. The minimum absolute atomic E-state index is 0.0438. The number of unbranched alkanes of at least 4 members (excludes halogenated alkanes) is 2. The lowest BCUT2D eigenvalue weighted by molar-refractivity contribution is -0.199. The molecule has 2 heterocycles. The standard InChI is InChI=1S/C47H72BN7O7/c1-7-8-11-31-13-17-33(18-14-31)34-19-15-32(16-20-34)28-55-24-21-35(22-25-55)42(57)53-40(29(2)56)44(59)54-41(50)45(60)52-37(12-9-10-23-49)43(58)51-30(3)48-61-39-27-36-26-38(46(36,4)5)47(39,6)62-48/h13-20,29-30,35-41,56H,7-12,21-28,49-50H2,1-6H3,(H,51,58)(H,52,60)(H,53,57)(H,54,59)/t29-,30+,36+,37+,38+,39?,40+,41-,47+/m1/s1. The van der Waals surface area contributed by atoms with E-state index in [0.717, 1.165) is 25.8 Å². The van der Waals surface area contributed by atoms with Crippen LogP contribution < -0.4 is 32.7 Å². The molecule has 15 heteroatoms. The number of carbonyl (C=O) groups is 4. The molecular formula is C47H72BN7O7. The highest BCUT2D eigenvalue weighted by molar-refractivity contribution is 6.47. The van der Waals surface area contributed by atoms with Gasteiger partial charge in [-0.2, -0.15) is 0 Å². The molecule has 14 nitrogen and oxygen atoms in total. The van der Waals surface area contributed by atoms with E-state index in [1.807, 2.05) is 6.92 Å². The number of piperidine rings is 1. The van der Waals surface area contributed by atoms with Gasteiger partial charge in [-0.25, -0.2) is 0 Å². The van der Waals surface area contributed by atoms with E-state index in [2.05, 4.69) is 102 Å². The second-order valence-corrected chi connectivity index (χ2v) is 19.2. The fraction of sp³-hybridized carbons (Fsp3) is 0.660. The second-order valence-electron chi connectivity index (χ2n) is 19.2. The van der Waals surface area contributed by atoms with Crippen LogP contribution in [0.4, 0.5) is 0 Å². The van der Waals surface area contributed by atoms with Crippen molar-refractivity contribution in [3.63, 3.8) is 0 Å². The molecule has 2 saturated heterocycles. The summed E-state index contributed by atoms with van der Waals surface area (Å²) >= 11 is 0. The maximum atomic E-state index is 13.6. The van der Waals surface area contributed by atoms with Gasteiger partial charge in [-0.05, 0) is 138 Å². The third-order valence-corrected chi connectivity index (χ3v) is 14.4. The van der Waals surface area contributed by atoms with E-state index in [4.69, 9.17) is 20.8 Å². The smallest absolute Gasteiger partial charge is 0.404 e. The van der Waals surface area contributed by atoms with Crippen molar-refractivity contribution in [1.82, 2.24) is 26.2 Å². The Hall–Kier alpha value is -3.86. The van der Waals surface area contributed by atoms with Crippen molar-refractivity contribution in [2.75, 3.05) is 19.6 Å². The summed E-state index contributed by atoms with van der Waals surface area (Å²) in [6.45, 7) is 14.7. The molecule has 2 aromatic carbocycles. The quantitative estimate of drug-likeness (QED) is 0.0585. The lowest BCUT2D eigenvalue weighted by Crippen LogP contribution is -2.65. The van der Waals surface area contributed by atoms with Gasteiger partial charge in [0, 0.05) is 12.5 Å². The van der Waals surface area contributed by atoms with Crippen molar-refractivity contribution in [2.45, 2.75) is 154 Å². The van der Waals surface area contributed by atoms with Crippen LogP contribution in [0.5, 0.6) is 0 Å². The number of benzene rings is 2. The summed E-state index contributed by atoms with van der Waals surface area (Å²) in [7, 11) is -0.640. The topological polar surface area (TPSA) is 210 Å². The van der Waals surface area contributed by atoms with E-state index < -0.39 is 60.7 Å². The molecule has 0 aromatic heterocycles. The number of hydrogen-bond acceptors (Lipinski definition) is 10. The van der Waals surface area contributed by atoms with Crippen molar-refractivity contribution in [3.8, 4) is 11.1 Å². The van der Waals surface area contributed by atoms with E-state index in [-0.39, 0.29) is 23.3 Å². The van der Waals surface area contributed by atoms with E-state index >= 15 is 0 Å². The van der Waals surface area contributed by atoms with Gasteiger partial charge in [-0.1, -0.05) is 75.7 Å². The zero-order chi connectivity index (χ0) is 44.8. The molecule has 3 aliphatic carbocycles. The fourth-order valence-corrected chi connectivity index (χ4v) is 10.2. The predicted octanol–water partition coefficient (Wildman–Crippen LogP) is 3.56. The molecule has 1 unspecified atom stereocenters. The van der Waals surface area contributed by atoms with Gasteiger partial charge in [-0.3, -0.25) is 24.1 Å². The first kappa shape index (κ1) is 47.6. The minimum atomic E-state index is -1.56. The maximum absolute atomic E-state index is 13.6. The molecule has 9 N–H and O–H groups in total. The number of aliphatic hydroxyl groups is 1. The minimum Gasteiger partial charge on any atom is -0.404 e. The van der Waals surface area contributed by atoms with Gasteiger partial charge >= 0.3 is 7.12 Å². The van der Waals surface area contributed by atoms with E-state index in [0.29, 0.717) is 63.6 Å². The SMILES string of the molecule is CCCCc1ccc(-c2ccc(CN3CCC(C(=O)N[C@H](C(=O)N[C@@H](N)C(=O)N[C@@H](CCCCN)C(=O)N[C@@H](C)B4OC5C[C@@H]6C[C@@H](C6(C)C)[C@]5(C)O4)[C@@H](C)O)CC3)cc2)cc1. The van der Waals surface area contributed by atoms with Crippen molar-refractivity contribution in [2.24, 2.45) is 34.6 Å². The Bertz CT molecular complexity index is 1840. The molecule has 5 fully saturated rings. The van der Waals surface area contributed by atoms with Crippen LogP contribution in [0.1, 0.15) is 110 Å². The number of aliphatic hydroxyl groups excluding tert-OH is 1.